The molecule has 126 valence electrons. The zero-order valence-corrected chi connectivity index (χ0v) is 14.6. The van der Waals surface area contributed by atoms with E-state index in [-0.39, 0.29) is 11.8 Å². The molecule has 1 aromatic carbocycles. The van der Waals surface area contributed by atoms with Crippen molar-refractivity contribution in [2.24, 2.45) is 0 Å². The van der Waals surface area contributed by atoms with Crippen molar-refractivity contribution in [3.63, 3.8) is 0 Å². The van der Waals surface area contributed by atoms with E-state index in [9.17, 15) is 9.59 Å². The molecule has 0 aromatic heterocycles. The lowest BCUT2D eigenvalue weighted by molar-refractivity contribution is -0.117. The lowest BCUT2D eigenvalue weighted by Gasteiger charge is -2.06. The number of hydrogen-bond donors (Lipinski definition) is 2. The summed E-state index contributed by atoms with van der Waals surface area (Å²) in [5.74, 6) is -0.215. The van der Waals surface area contributed by atoms with Gasteiger partial charge in [-0.05, 0) is 50.1 Å². The molecule has 1 rings (SSSR count). The van der Waals surface area contributed by atoms with Crippen LogP contribution in [0.2, 0.25) is 0 Å². The van der Waals surface area contributed by atoms with Crippen LogP contribution in [0, 0.1) is 0 Å². The van der Waals surface area contributed by atoms with Gasteiger partial charge in [0.1, 0.15) is 0 Å². The number of anilines is 1. The Morgan fingerprint density at radius 3 is 2.17 bits per heavy atom. The highest BCUT2D eigenvalue weighted by atomic mass is 16.2. The number of rotatable bonds is 6. The van der Waals surface area contributed by atoms with Crippen molar-refractivity contribution in [1.82, 2.24) is 5.32 Å². The first-order valence-electron chi connectivity index (χ1n) is 7.70. The SMILES string of the molecule is C=C/C(=C\C=C(/C)NC(=O)/C(C)=C/C)c1ccc(NC(C)=O)cc1. The van der Waals surface area contributed by atoms with Crippen molar-refractivity contribution in [1.29, 1.82) is 0 Å². The third-order valence-electron chi connectivity index (χ3n) is 3.37. The molecule has 1 aromatic rings. The van der Waals surface area contributed by atoms with E-state index in [1.807, 2.05) is 50.3 Å². The zero-order valence-electron chi connectivity index (χ0n) is 14.6. The molecule has 2 N–H and O–H groups in total. The Hall–Kier alpha value is -2.88. The Labute approximate surface area is 143 Å². The van der Waals surface area contributed by atoms with Gasteiger partial charge in [0.05, 0.1) is 0 Å². The number of carbonyl (C=O) groups is 2. The van der Waals surface area contributed by atoms with Crippen LogP contribution >= 0.6 is 0 Å². The summed E-state index contributed by atoms with van der Waals surface area (Å²) < 4.78 is 0. The number of nitrogens with one attached hydrogen (secondary N) is 2. The lowest BCUT2D eigenvalue weighted by atomic mass is 10.0. The molecule has 0 fully saturated rings. The van der Waals surface area contributed by atoms with Crippen molar-refractivity contribution in [3.8, 4) is 0 Å². The van der Waals surface area contributed by atoms with Gasteiger partial charge in [-0.25, -0.2) is 0 Å². The first kappa shape index (κ1) is 19.2. The van der Waals surface area contributed by atoms with Crippen molar-refractivity contribution in [2.45, 2.75) is 27.7 Å². The van der Waals surface area contributed by atoms with E-state index in [4.69, 9.17) is 0 Å². The molecular weight excluding hydrogens is 300 g/mol. The van der Waals surface area contributed by atoms with Crippen LogP contribution in [0.5, 0.6) is 0 Å². The van der Waals surface area contributed by atoms with Crippen molar-refractivity contribution in [3.05, 3.63) is 72.0 Å². The fraction of sp³-hybridized carbons (Fsp3) is 0.200. The Morgan fingerprint density at radius 1 is 1.04 bits per heavy atom. The Morgan fingerprint density at radius 2 is 1.67 bits per heavy atom. The highest BCUT2D eigenvalue weighted by Gasteiger charge is 2.02. The average molecular weight is 324 g/mol. The van der Waals surface area contributed by atoms with E-state index in [1.54, 1.807) is 19.1 Å². The molecule has 4 nitrogen and oxygen atoms in total. The molecule has 0 aliphatic rings. The standard InChI is InChI=1S/C20H24N2O2/c1-6-14(3)20(24)21-15(4)8-9-17(7-2)18-10-12-19(13-11-18)22-16(5)23/h6-13H,2H2,1,3-5H3,(H,21,24)(H,22,23)/b14-6+,15-8+,17-9+. The van der Waals surface area contributed by atoms with Gasteiger partial charge >= 0.3 is 0 Å². The van der Waals surface area contributed by atoms with Gasteiger partial charge in [0, 0.05) is 23.9 Å². The van der Waals surface area contributed by atoms with E-state index in [0.29, 0.717) is 5.57 Å². The minimum atomic E-state index is -0.112. The van der Waals surface area contributed by atoms with Gasteiger partial charge in [-0.3, -0.25) is 9.59 Å². The molecule has 0 bridgehead atoms. The molecule has 0 spiro atoms. The molecule has 0 heterocycles. The second-order valence-electron chi connectivity index (χ2n) is 5.36. The van der Waals surface area contributed by atoms with Crippen LogP contribution in [0.25, 0.3) is 5.57 Å². The fourth-order valence-electron chi connectivity index (χ4n) is 1.90. The van der Waals surface area contributed by atoms with E-state index in [0.717, 1.165) is 22.5 Å². The van der Waals surface area contributed by atoms with Crippen LogP contribution in [0.3, 0.4) is 0 Å². The normalized spacial score (nSPS) is 12.6. The second kappa shape index (κ2) is 9.30. The van der Waals surface area contributed by atoms with Crippen molar-refractivity contribution in [2.75, 3.05) is 5.32 Å². The maximum absolute atomic E-state index is 11.8. The van der Waals surface area contributed by atoms with E-state index in [2.05, 4.69) is 17.2 Å². The van der Waals surface area contributed by atoms with Gasteiger partial charge in [-0.2, -0.15) is 0 Å². The van der Waals surface area contributed by atoms with Gasteiger partial charge < -0.3 is 10.6 Å². The van der Waals surface area contributed by atoms with Crippen LogP contribution < -0.4 is 10.6 Å². The van der Waals surface area contributed by atoms with Gasteiger partial charge in [-0.1, -0.05) is 36.9 Å². The van der Waals surface area contributed by atoms with Crippen molar-refractivity contribution >= 4 is 23.1 Å². The molecule has 4 heteroatoms. The van der Waals surface area contributed by atoms with Gasteiger partial charge in [0.2, 0.25) is 5.91 Å². The third kappa shape index (κ3) is 6.08. The van der Waals surface area contributed by atoms with Crippen molar-refractivity contribution < 1.29 is 9.59 Å². The fourth-order valence-corrected chi connectivity index (χ4v) is 1.90. The Balaban J connectivity index is 2.90. The molecule has 0 atom stereocenters. The molecular formula is C20H24N2O2. The summed E-state index contributed by atoms with van der Waals surface area (Å²) in [7, 11) is 0. The van der Waals surface area contributed by atoms with Gasteiger partial charge in [0.25, 0.3) is 5.91 Å². The molecule has 0 saturated heterocycles. The molecule has 0 unspecified atom stereocenters. The molecule has 0 saturated carbocycles. The number of carbonyl (C=O) groups excluding carboxylic acids is 2. The van der Waals surface area contributed by atoms with Crippen LogP contribution in [-0.4, -0.2) is 11.8 Å². The minimum Gasteiger partial charge on any atom is -0.326 e. The number of allylic oxidation sites excluding steroid dienone is 6. The number of hydrogen-bond acceptors (Lipinski definition) is 2. The largest absolute Gasteiger partial charge is 0.326 e. The van der Waals surface area contributed by atoms with E-state index < -0.39 is 0 Å². The van der Waals surface area contributed by atoms with E-state index >= 15 is 0 Å². The molecule has 0 aliphatic carbocycles. The predicted octanol–water partition coefficient (Wildman–Crippen LogP) is 4.20. The highest BCUT2D eigenvalue weighted by Crippen LogP contribution is 2.18. The highest BCUT2D eigenvalue weighted by molar-refractivity contribution is 5.93. The average Bonchev–Trinajstić information content (AvgIpc) is 2.55. The van der Waals surface area contributed by atoms with Crippen LogP contribution in [0.15, 0.2) is 66.4 Å². The van der Waals surface area contributed by atoms with Gasteiger partial charge in [-0.15, -0.1) is 0 Å². The monoisotopic (exact) mass is 324 g/mol. The maximum atomic E-state index is 11.8. The molecule has 0 aliphatic heterocycles. The summed E-state index contributed by atoms with van der Waals surface area (Å²) in [5, 5.41) is 5.55. The lowest BCUT2D eigenvalue weighted by Crippen LogP contribution is -2.21. The molecule has 2 amide bonds. The quantitative estimate of drug-likeness (QED) is 0.608. The summed E-state index contributed by atoms with van der Waals surface area (Å²) in [4.78, 5) is 22.8. The topological polar surface area (TPSA) is 58.2 Å². The Bertz CT molecular complexity index is 708. The predicted molar refractivity (Wildman–Crippen MR) is 100 cm³/mol. The van der Waals surface area contributed by atoms with E-state index in [1.165, 1.54) is 6.92 Å². The summed E-state index contributed by atoms with van der Waals surface area (Å²) in [6, 6.07) is 7.48. The Kier molecular flexibility index (Phi) is 7.43. The molecule has 0 radical (unpaired) electrons. The summed E-state index contributed by atoms with van der Waals surface area (Å²) in [5.41, 5.74) is 4.05. The smallest absolute Gasteiger partial charge is 0.250 e. The number of amides is 2. The minimum absolute atomic E-state index is 0.104. The summed E-state index contributed by atoms with van der Waals surface area (Å²) >= 11 is 0. The first-order chi connectivity index (χ1) is 11.4. The third-order valence-corrected chi connectivity index (χ3v) is 3.37. The maximum Gasteiger partial charge on any atom is 0.250 e. The summed E-state index contributed by atoms with van der Waals surface area (Å²) in [6.45, 7) is 10.7. The van der Waals surface area contributed by atoms with Crippen LogP contribution in [-0.2, 0) is 9.59 Å². The summed E-state index contributed by atoms with van der Waals surface area (Å²) in [6.07, 6.45) is 7.24. The second-order valence-corrected chi connectivity index (χ2v) is 5.36. The first-order valence-corrected chi connectivity index (χ1v) is 7.70. The van der Waals surface area contributed by atoms with Gasteiger partial charge in [0.15, 0.2) is 0 Å². The van der Waals surface area contributed by atoms with Crippen LogP contribution in [0.1, 0.15) is 33.3 Å². The molecule has 24 heavy (non-hydrogen) atoms. The zero-order chi connectivity index (χ0) is 18.1. The van der Waals surface area contributed by atoms with Crippen LogP contribution in [0.4, 0.5) is 5.69 Å². The number of benzene rings is 1.